The summed E-state index contributed by atoms with van der Waals surface area (Å²) in [6.07, 6.45) is 0. The van der Waals surface area contributed by atoms with Gasteiger partial charge in [0.25, 0.3) is 5.89 Å². The molecule has 0 aliphatic carbocycles. The fourth-order valence-electron chi connectivity index (χ4n) is 1.68. The molecule has 3 rings (SSSR count). The van der Waals surface area contributed by atoms with Gasteiger partial charge in [-0.05, 0) is 23.6 Å². The monoisotopic (exact) mass is 289 g/mol. The van der Waals surface area contributed by atoms with E-state index in [0.29, 0.717) is 10.4 Å². The lowest BCUT2D eigenvalue weighted by Crippen LogP contribution is -1.86. The molecule has 1 aromatic carbocycles. The summed E-state index contributed by atoms with van der Waals surface area (Å²) in [4.78, 5) is 4.59. The van der Waals surface area contributed by atoms with Crippen molar-refractivity contribution in [2.75, 3.05) is 0 Å². The van der Waals surface area contributed by atoms with E-state index < -0.39 is 11.6 Å². The number of thiophene rings is 1. The summed E-state index contributed by atoms with van der Waals surface area (Å²) in [5, 5.41) is 14.3. The van der Waals surface area contributed by atoms with Crippen LogP contribution in [0.3, 0.4) is 0 Å². The van der Waals surface area contributed by atoms with Crippen LogP contribution < -0.4 is 0 Å². The number of aromatic nitrogens is 2. The second-order valence-corrected chi connectivity index (χ2v) is 4.77. The molecule has 0 aliphatic rings. The number of hydrogen-bond acceptors (Lipinski definition) is 5. The number of nitrogens with zero attached hydrogens (tertiary/aromatic N) is 3. The highest BCUT2D eigenvalue weighted by Crippen LogP contribution is 2.29. The van der Waals surface area contributed by atoms with Crippen LogP contribution in [-0.4, -0.2) is 10.1 Å². The summed E-state index contributed by atoms with van der Waals surface area (Å²) in [6, 6.07) is 6.61. The van der Waals surface area contributed by atoms with E-state index in [0.717, 1.165) is 18.2 Å². The number of hydrogen-bond donors (Lipinski definition) is 0. The molecule has 7 heteroatoms. The lowest BCUT2D eigenvalue weighted by atomic mass is 10.2. The molecule has 0 bridgehead atoms. The molecule has 0 atom stereocenters. The molecule has 2 heterocycles. The largest absolute Gasteiger partial charge is 0.333 e. The van der Waals surface area contributed by atoms with Gasteiger partial charge in [0.15, 0.2) is 0 Å². The van der Waals surface area contributed by atoms with Gasteiger partial charge in [-0.25, -0.2) is 8.78 Å². The summed E-state index contributed by atoms with van der Waals surface area (Å²) in [7, 11) is 0. The molecule has 4 nitrogen and oxygen atoms in total. The second-order valence-electron chi connectivity index (χ2n) is 3.86. The predicted octanol–water partition coefficient (Wildman–Crippen LogP) is 3.61. The Kier molecular flexibility index (Phi) is 3.00. The van der Waals surface area contributed by atoms with Crippen molar-refractivity contribution in [2.45, 2.75) is 0 Å². The summed E-state index contributed by atoms with van der Waals surface area (Å²) < 4.78 is 31.3. The van der Waals surface area contributed by atoms with Crippen LogP contribution in [0.1, 0.15) is 5.56 Å². The molecule has 0 saturated heterocycles. The van der Waals surface area contributed by atoms with Gasteiger partial charge in [0.05, 0.1) is 5.56 Å². The molecule has 3 aromatic rings. The minimum atomic E-state index is -0.722. The Morgan fingerprint density at radius 1 is 1.20 bits per heavy atom. The number of halogens is 2. The molecule has 2 aromatic heterocycles. The quantitative estimate of drug-likeness (QED) is 0.723. The molecule has 0 aliphatic heterocycles. The minimum Gasteiger partial charge on any atom is -0.333 e. The van der Waals surface area contributed by atoms with Gasteiger partial charge in [-0.1, -0.05) is 5.16 Å². The average Bonchev–Trinajstić information content (AvgIpc) is 3.06. The molecule has 20 heavy (non-hydrogen) atoms. The first kappa shape index (κ1) is 12.4. The van der Waals surface area contributed by atoms with E-state index in [-0.39, 0.29) is 17.3 Å². The number of nitriles is 1. The third kappa shape index (κ3) is 2.17. The molecule has 0 amide bonds. The highest BCUT2D eigenvalue weighted by atomic mass is 32.1. The van der Waals surface area contributed by atoms with Gasteiger partial charge in [0.2, 0.25) is 5.82 Å². The molecular weight excluding hydrogens is 284 g/mol. The van der Waals surface area contributed by atoms with E-state index in [1.54, 1.807) is 11.4 Å². The van der Waals surface area contributed by atoms with Gasteiger partial charge in [-0.15, -0.1) is 11.3 Å². The fourth-order valence-corrected chi connectivity index (χ4v) is 2.44. The predicted molar refractivity (Wildman–Crippen MR) is 67.7 cm³/mol. The zero-order valence-electron chi connectivity index (χ0n) is 9.80. The van der Waals surface area contributed by atoms with Gasteiger partial charge in [-0.3, -0.25) is 0 Å². The van der Waals surface area contributed by atoms with Crippen LogP contribution in [-0.2, 0) is 0 Å². The van der Waals surface area contributed by atoms with E-state index in [1.807, 2.05) is 6.07 Å². The van der Waals surface area contributed by atoms with Gasteiger partial charge >= 0.3 is 0 Å². The Morgan fingerprint density at radius 2 is 1.95 bits per heavy atom. The first-order valence-corrected chi connectivity index (χ1v) is 6.33. The number of rotatable bonds is 2. The first-order valence-electron chi connectivity index (χ1n) is 5.45. The van der Waals surface area contributed by atoms with Crippen molar-refractivity contribution in [3.63, 3.8) is 0 Å². The summed E-state index contributed by atoms with van der Waals surface area (Å²) in [5.74, 6) is -1.23. The molecule has 0 radical (unpaired) electrons. The summed E-state index contributed by atoms with van der Waals surface area (Å²) in [6.45, 7) is 0. The Balaban J connectivity index is 2.04. The van der Waals surface area contributed by atoms with E-state index in [1.165, 1.54) is 11.3 Å². The second kappa shape index (κ2) is 4.83. The zero-order chi connectivity index (χ0) is 14.1. The fraction of sp³-hybridized carbons (Fsp3) is 0. The Hall–Kier alpha value is -2.59. The molecular formula is C13H5F2N3OS. The summed E-state index contributed by atoms with van der Waals surface area (Å²) in [5.41, 5.74) is 0.586. The van der Waals surface area contributed by atoms with Gasteiger partial charge in [0, 0.05) is 11.6 Å². The van der Waals surface area contributed by atoms with Crippen LogP contribution in [0, 0.1) is 23.0 Å². The highest BCUT2D eigenvalue weighted by molar-refractivity contribution is 7.13. The van der Waals surface area contributed by atoms with E-state index in [2.05, 4.69) is 10.1 Å². The maximum atomic E-state index is 13.1. The van der Waals surface area contributed by atoms with Crippen LogP contribution in [0.25, 0.3) is 22.2 Å². The molecule has 0 fully saturated rings. The minimum absolute atomic E-state index is 0.0655. The van der Waals surface area contributed by atoms with Gasteiger partial charge in [0.1, 0.15) is 22.6 Å². The lowest BCUT2D eigenvalue weighted by molar-refractivity contribution is 0.433. The van der Waals surface area contributed by atoms with E-state index >= 15 is 0 Å². The highest BCUT2D eigenvalue weighted by Gasteiger charge is 2.16. The van der Waals surface area contributed by atoms with Gasteiger partial charge < -0.3 is 4.52 Å². The summed E-state index contributed by atoms with van der Waals surface area (Å²) >= 11 is 1.28. The Morgan fingerprint density at radius 3 is 2.65 bits per heavy atom. The molecule has 0 N–H and O–H groups in total. The maximum absolute atomic E-state index is 13.1. The maximum Gasteiger partial charge on any atom is 0.269 e. The topological polar surface area (TPSA) is 62.7 Å². The van der Waals surface area contributed by atoms with Crippen molar-refractivity contribution in [1.82, 2.24) is 10.1 Å². The SMILES string of the molecule is N#Cc1ccsc1-c1nc(-c2cc(F)cc(F)c2)no1. The standard InChI is InChI=1S/C13H5F2N3OS/c14-9-3-8(4-10(15)5-9)12-17-13(19-18-12)11-7(6-16)1-2-20-11/h1-5H. The third-order valence-electron chi connectivity index (χ3n) is 2.53. The van der Waals surface area contributed by atoms with Crippen molar-refractivity contribution in [3.05, 3.63) is 46.8 Å². The van der Waals surface area contributed by atoms with Crippen LogP contribution >= 0.6 is 11.3 Å². The van der Waals surface area contributed by atoms with E-state index in [9.17, 15) is 8.78 Å². The normalized spacial score (nSPS) is 10.4. The van der Waals surface area contributed by atoms with Crippen LogP contribution in [0.15, 0.2) is 34.2 Å². The van der Waals surface area contributed by atoms with Crippen LogP contribution in [0.5, 0.6) is 0 Å². The van der Waals surface area contributed by atoms with Crippen molar-refractivity contribution in [1.29, 1.82) is 5.26 Å². The molecule has 0 spiro atoms. The van der Waals surface area contributed by atoms with Crippen molar-refractivity contribution < 1.29 is 13.3 Å². The first-order chi connectivity index (χ1) is 9.67. The van der Waals surface area contributed by atoms with Crippen LogP contribution in [0.2, 0.25) is 0 Å². The van der Waals surface area contributed by atoms with Crippen molar-refractivity contribution in [2.24, 2.45) is 0 Å². The van der Waals surface area contributed by atoms with Crippen molar-refractivity contribution in [3.8, 4) is 28.2 Å². The zero-order valence-corrected chi connectivity index (χ0v) is 10.6. The lowest BCUT2D eigenvalue weighted by Gasteiger charge is -1.95. The van der Waals surface area contributed by atoms with E-state index in [4.69, 9.17) is 9.78 Å². The molecule has 0 saturated carbocycles. The van der Waals surface area contributed by atoms with Crippen LogP contribution in [0.4, 0.5) is 8.78 Å². The smallest absolute Gasteiger partial charge is 0.269 e. The third-order valence-corrected chi connectivity index (χ3v) is 3.43. The Labute approximate surface area is 115 Å². The number of benzene rings is 1. The molecule has 0 unspecified atom stereocenters. The average molecular weight is 289 g/mol. The van der Waals surface area contributed by atoms with Crippen molar-refractivity contribution >= 4 is 11.3 Å². The van der Waals surface area contributed by atoms with Gasteiger partial charge in [-0.2, -0.15) is 10.2 Å². The Bertz CT molecular complexity index is 799. The molecule has 98 valence electrons.